The van der Waals surface area contributed by atoms with Gasteiger partial charge in [0.05, 0.1) is 33.7 Å². The third-order valence-electron chi connectivity index (χ3n) is 5.60. The number of aromatic nitrogens is 3. The quantitative estimate of drug-likeness (QED) is 0.555. The maximum atomic E-state index is 13.3. The summed E-state index contributed by atoms with van der Waals surface area (Å²) in [5.74, 6) is -0.365. The minimum Gasteiger partial charge on any atom is -0.397 e. The molecule has 0 bridgehead atoms. The van der Waals surface area contributed by atoms with Crippen LogP contribution in [0.2, 0.25) is 0 Å². The van der Waals surface area contributed by atoms with E-state index in [0.717, 1.165) is 22.3 Å². The molecule has 0 aliphatic heterocycles. The normalized spacial score (nSPS) is 16.2. The Morgan fingerprint density at radius 1 is 1.07 bits per heavy atom. The van der Waals surface area contributed by atoms with Crippen molar-refractivity contribution in [3.8, 4) is 5.69 Å². The van der Waals surface area contributed by atoms with Crippen molar-refractivity contribution in [3.05, 3.63) is 82.9 Å². The molecule has 0 saturated heterocycles. The Morgan fingerprint density at radius 2 is 1.79 bits per heavy atom. The van der Waals surface area contributed by atoms with Crippen molar-refractivity contribution in [1.29, 1.82) is 0 Å². The zero-order chi connectivity index (χ0) is 20.1. The van der Waals surface area contributed by atoms with Crippen LogP contribution in [0.25, 0.3) is 16.7 Å². The molecule has 0 saturated carbocycles. The first kappa shape index (κ1) is 17.6. The van der Waals surface area contributed by atoms with E-state index in [2.05, 4.69) is 5.10 Å². The molecule has 2 aromatic carbocycles. The second kappa shape index (κ2) is 6.51. The molecule has 2 heterocycles. The van der Waals surface area contributed by atoms with Crippen LogP contribution in [0, 0.1) is 12.7 Å². The molecule has 1 unspecified atom stereocenters. The van der Waals surface area contributed by atoms with E-state index in [1.807, 2.05) is 37.3 Å². The number of hydrogen-bond donors (Lipinski definition) is 1. The third kappa shape index (κ3) is 2.79. The van der Waals surface area contributed by atoms with Crippen LogP contribution in [0.4, 0.5) is 10.1 Å². The van der Waals surface area contributed by atoms with E-state index in [4.69, 9.17) is 10.7 Å². The molecule has 0 amide bonds. The number of Topliss-reactive ketones (excluding diaryl/α,β-unsaturated/α-hetero) is 1. The van der Waals surface area contributed by atoms with Crippen molar-refractivity contribution in [3.63, 3.8) is 0 Å². The number of ketones is 1. The van der Waals surface area contributed by atoms with E-state index in [0.29, 0.717) is 35.4 Å². The summed E-state index contributed by atoms with van der Waals surface area (Å²) in [6.45, 7) is 1.88. The lowest BCUT2D eigenvalue weighted by Crippen LogP contribution is -2.22. The Labute approximate surface area is 167 Å². The number of fused-ring (bicyclic) bond motifs is 2. The predicted molar refractivity (Wildman–Crippen MR) is 110 cm³/mol. The fourth-order valence-electron chi connectivity index (χ4n) is 4.21. The first-order chi connectivity index (χ1) is 14.0. The van der Waals surface area contributed by atoms with Crippen molar-refractivity contribution >= 4 is 22.5 Å². The van der Waals surface area contributed by atoms with Crippen LogP contribution < -0.4 is 5.73 Å². The molecule has 29 heavy (non-hydrogen) atoms. The Kier molecular flexibility index (Phi) is 3.94. The van der Waals surface area contributed by atoms with Gasteiger partial charge < -0.3 is 5.73 Å². The summed E-state index contributed by atoms with van der Waals surface area (Å²) in [4.78, 5) is 17.8. The van der Waals surface area contributed by atoms with E-state index >= 15 is 0 Å². The highest BCUT2D eigenvalue weighted by Crippen LogP contribution is 2.38. The number of nitrogen functional groups attached to an aromatic ring is 1. The van der Waals surface area contributed by atoms with E-state index in [1.165, 1.54) is 12.1 Å². The van der Waals surface area contributed by atoms with E-state index in [9.17, 15) is 9.18 Å². The minimum atomic E-state index is -0.289. The number of benzene rings is 2. The molecule has 0 spiro atoms. The molecule has 6 heteroatoms. The van der Waals surface area contributed by atoms with Gasteiger partial charge >= 0.3 is 0 Å². The monoisotopic (exact) mass is 386 g/mol. The number of pyridine rings is 1. The predicted octanol–water partition coefficient (Wildman–Crippen LogP) is 4.36. The van der Waals surface area contributed by atoms with Crippen LogP contribution in [-0.4, -0.2) is 20.5 Å². The van der Waals surface area contributed by atoms with Gasteiger partial charge in [-0.2, -0.15) is 5.10 Å². The molecule has 1 aliphatic carbocycles. The molecule has 4 aromatic rings. The maximum absolute atomic E-state index is 13.3. The lowest BCUT2D eigenvalue weighted by Gasteiger charge is -2.24. The summed E-state index contributed by atoms with van der Waals surface area (Å²) >= 11 is 0. The standard InChI is InChI=1S/C23H19FN4O/c1-13-20-22(25)21-18(26-23(20)28(27-13)17-5-3-2-4-6-17)11-15(12-19(21)29)14-7-9-16(24)10-8-14/h2-10,15H,11-12H2,1H3,(H2,25,26). The summed E-state index contributed by atoms with van der Waals surface area (Å²) in [5, 5.41) is 5.35. The number of nitrogens with zero attached hydrogens (tertiary/aromatic N) is 3. The average molecular weight is 386 g/mol. The van der Waals surface area contributed by atoms with Crippen molar-refractivity contribution in [2.24, 2.45) is 0 Å². The molecule has 0 radical (unpaired) electrons. The highest BCUT2D eigenvalue weighted by atomic mass is 19.1. The number of anilines is 1. The van der Waals surface area contributed by atoms with Gasteiger partial charge in [-0.3, -0.25) is 4.79 Å². The molecular weight excluding hydrogens is 367 g/mol. The fourth-order valence-corrected chi connectivity index (χ4v) is 4.21. The molecular formula is C23H19FN4O. The first-order valence-corrected chi connectivity index (χ1v) is 9.54. The van der Waals surface area contributed by atoms with Gasteiger partial charge in [-0.1, -0.05) is 30.3 Å². The zero-order valence-corrected chi connectivity index (χ0v) is 15.9. The van der Waals surface area contributed by atoms with Crippen molar-refractivity contribution < 1.29 is 9.18 Å². The Hall–Kier alpha value is -3.54. The number of aryl methyl sites for hydroxylation is 1. The second-order valence-corrected chi connectivity index (χ2v) is 7.46. The van der Waals surface area contributed by atoms with Crippen molar-refractivity contribution in [2.75, 3.05) is 5.73 Å². The van der Waals surface area contributed by atoms with Crippen LogP contribution in [-0.2, 0) is 6.42 Å². The minimum absolute atomic E-state index is 0.0284. The molecule has 144 valence electrons. The van der Waals surface area contributed by atoms with Crippen LogP contribution in [0.5, 0.6) is 0 Å². The lowest BCUT2D eigenvalue weighted by molar-refractivity contribution is 0.0964. The summed E-state index contributed by atoms with van der Waals surface area (Å²) in [7, 11) is 0. The van der Waals surface area contributed by atoms with Crippen LogP contribution in [0.15, 0.2) is 54.6 Å². The van der Waals surface area contributed by atoms with Gasteiger partial charge in [0.1, 0.15) is 5.82 Å². The number of hydrogen-bond acceptors (Lipinski definition) is 4. The summed E-state index contributed by atoms with van der Waals surface area (Å²) in [6, 6.07) is 16.0. The molecule has 5 nitrogen and oxygen atoms in total. The van der Waals surface area contributed by atoms with E-state index < -0.39 is 0 Å². The lowest BCUT2D eigenvalue weighted by atomic mass is 9.81. The maximum Gasteiger partial charge on any atom is 0.167 e. The van der Waals surface area contributed by atoms with Crippen molar-refractivity contribution in [2.45, 2.75) is 25.7 Å². The zero-order valence-electron chi connectivity index (χ0n) is 15.9. The second-order valence-electron chi connectivity index (χ2n) is 7.46. The number of carbonyl (C=O) groups excluding carboxylic acids is 1. The average Bonchev–Trinajstić information content (AvgIpc) is 3.05. The number of halogens is 1. The molecule has 0 fully saturated rings. The summed E-state index contributed by atoms with van der Waals surface area (Å²) in [6.07, 6.45) is 0.910. The first-order valence-electron chi connectivity index (χ1n) is 9.54. The fraction of sp³-hybridized carbons (Fsp3) is 0.174. The van der Waals surface area contributed by atoms with E-state index in [-0.39, 0.29) is 17.5 Å². The molecule has 1 atom stereocenters. The Balaban J connectivity index is 1.68. The number of nitrogens with two attached hydrogens (primary N) is 1. The SMILES string of the molecule is Cc1nn(-c2ccccc2)c2nc3c(c(N)c12)C(=O)CC(c1ccc(F)cc1)C3. The number of carbonyl (C=O) groups is 1. The van der Waals surface area contributed by atoms with Gasteiger partial charge in [-0.15, -0.1) is 0 Å². The Morgan fingerprint density at radius 3 is 2.52 bits per heavy atom. The topological polar surface area (TPSA) is 73.8 Å². The molecule has 5 rings (SSSR count). The highest BCUT2D eigenvalue weighted by Gasteiger charge is 2.31. The Bertz CT molecular complexity index is 1250. The summed E-state index contributed by atoms with van der Waals surface area (Å²) < 4.78 is 15.1. The van der Waals surface area contributed by atoms with Gasteiger partial charge in [0.15, 0.2) is 11.4 Å². The van der Waals surface area contributed by atoms with Gasteiger partial charge in [0.25, 0.3) is 0 Å². The van der Waals surface area contributed by atoms with Crippen LogP contribution >= 0.6 is 0 Å². The van der Waals surface area contributed by atoms with Gasteiger partial charge in [-0.25, -0.2) is 14.1 Å². The van der Waals surface area contributed by atoms with E-state index in [1.54, 1.807) is 16.8 Å². The number of rotatable bonds is 2. The molecule has 2 N–H and O–H groups in total. The van der Waals surface area contributed by atoms with Gasteiger partial charge in [0.2, 0.25) is 0 Å². The largest absolute Gasteiger partial charge is 0.397 e. The smallest absolute Gasteiger partial charge is 0.167 e. The molecule has 1 aliphatic rings. The van der Waals surface area contributed by atoms with Crippen LogP contribution in [0.3, 0.4) is 0 Å². The van der Waals surface area contributed by atoms with Crippen molar-refractivity contribution in [1.82, 2.24) is 14.8 Å². The van der Waals surface area contributed by atoms with Gasteiger partial charge in [0, 0.05) is 6.42 Å². The summed E-state index contributed by atoms with van der Waals surface area (Å²) in [5.41, 5.74) is 11.3. The highest BCUT2D eigenvalue weighted by molar-refractivity contribution is 6.09. The third-order valence-corrected chi connectivity index (χ3v) is 5.60. The van der Waals surface area contributed by atoms with Gasteiger partial charge in [-0.05, 0) is 49.1 Å². The van der Waals surface area contributed by atoms with Crippen LogP contribution in [0.1, 0.15) is 39.6 Å². The molecule has 2 aromatic heterocycles. The number of para-hydroxylation sites is 1.